The summed E-state index contributed by atoms with van der Waals surface area (Å²) < 4.78 is 0. The van der Waals surface area contributed by atoms with E-state index in [1.165, 1.54) is 57.8 Å². The van der Waals surface area contributed by atoms with Gasteiger partial charge >= 0.3 is 0 Å². The van der Waals surface area contributed by atoms with E-state index in [-0.39, 0.29) is 0 Å². The Hall–Kier alpha value is -0.0400. The standard InChI is InChI=1S/C25H44O/c1-6-7-17(2)20-10-11-21-19-9-8-18-16-23(3,26)14-15-24(18,4)22(19)12-13-25(20,21)5/h17-22,26H,6-16H2,1-5H3/t17-,18-,19+,20-,21+,22+,23+,24+,25-/m1/s1. The van der Waals surface area contributed by atoms with E-state index in [2.05, 4.69) is 34.6 Å². The number of aliphatic hydroxyl groups is 1. The van der Waals surface area contributed by atoms with Crippen LogP contribution < -0.4 is 0 Å². The van der Waals surface area contributed by atoms with Crippen LogP contribution >= 0.6 is 0 Å². The molecule has 0 aromatic carbocycles. The van der Waals surface area contributed by atoms with Gasteiger partial charge in [-0.1, -0.05) is 40.5 Å². The van der Waals surface area contributed by atoms with Crippen LogP contribution in [0.2, 0.25) is 0 Å². The Labute approximate surface area is 162 Å². The van der Waals surface area contributed by atoms with Crippen molar-refractivity contribution in [2.75, 3.05) is 0 Å². The maximum absolute atomic E-state index is 10.7. The molecule has 0 radical (unpaired) electrons. The molecule has 26 heavy (non-hydrogen) atoms. The van der Waals surface area contributed by atoms with E-state index in [1.54, 1.807) is 0 Å². The molecular formula is C25H44O. The van der Waals surface area contributed by atoms with Gasteiger partial charge in [-0.3, -0.25) is 0 Å². The zero-order valence-electron chi connectivity index (χ0n) is 18.2. The van der Waals surface area contributed by atoms with Crippen molar-refractivity contribution in [2.24, 2.45) is 46.3 Å². The minimum absolute atomic E-state index is 0.395. The molecule has 1 N–H and O–H groups in total. The summed E-state index contributed by atoms with van der Waals surface area (Å²) in [7, 11) is 0. The van der Waals surface area contributed by atoms with Gasteiger partial charge in [0.05, 0.1) is 5.60 Å². The molecule has 1 heteroatoms. The summed E-state index contributed by atoms with van der Waals surface area (Å²) in [5, 5.41) is 10.7. The third kappa shape index (κ3) is 2.82. The van der Waals surface area contributed by atoms with Crippen LogP contribution in [0.25, 0.3) is 0 Å². The number of fused-ring (bicyclic) bond motifs is 5. The van der Waals surface area contributed by atoms with Crippen molar-refractivity contribution in [1.82, 2.24) is 0 Å². The van der Waals surface area contributed by atoms with E-state index in [9.17, 15) is 5.11 Å². The molecule has 4 saturated carbocycles. The van der Waals surface area contributed by atoms with Crippen molar-refractivity contribution in [2.45, 2.75) is 111 Å². The van der Waals surface area contributed by atoms with Crippen LogP contribution in [0.1, 0.15) is 105 Å². The van der Waals surface area contributed by atoms with Crippen molar-refractivity contribution in [3.8, 4) is 0 Å². The highest BCUT2D eigenvalue weighted by Crippen LogP contribution is 2.68. The fourth-order valence-corrected chi connectivity index (χ4v) is 9.06. The minimum Gasteiger partial charge on any atom is -0.390 e. The van der Waals surface area contributed by atoms with Gasteiger partial charge in [0.15, 0.2) is 0 Å². The average Bonchev–Trinajstić information content (AvgIpc) is 2.93. The fraction of sp³-hybridized carbons (Fsp3) is 1.00. The van der Waals surface area contributed by atoms with Crippen molar-refractivity contribution in [1.29, 1.82) is 0 Å². The van der Waals surface area contributed by atoms with Gasteiger partial charge in [-0.25, -0.2) is 0 Å². The van der Waals surface area contributed by atoms with Crippen molar-refractivity contribution >= 4 is 0 Å². The van der Waals surface area contributed by atoms with E-state index >= 15 is 0 Å². The smallest absolute Gasteiger partial charge is 0.0622 e. The Morgan fingerprint density at radius 2 is 1.62 bits per heavy atom. The van der Waals surface area contributed by atoms with Gasteiger partial charge in [-0.05, 0) is 111 Å². The molecule has 0 bridgehead atoms. The van der Waals surface area contributed by atoms with Crippen LogP contribution in [-0.2, 0) is 0 Å². The Bertz CT molecular complexity index is 524. The third-order valence-corrected chi connectivity index (χ3v) is 10.5. The summed E-state index contributed by atoms with van der Waals surface area (Å²) in [5.74, 6) is 5.58. The van der Waals surface area contributed by atoms with Gasteiger partial charge in [0.25, 0.3) is 0 Å². The second kappa shape index (κ2) is 6.50. The van der Waals surface area contributed by atoms with E-state index in [4.69, 9.17) is 0 Å². The van der Waals surface area contributed by atoms with Gasteiger partial charge in [0.2, 0.25) is 0 Å². The highest BCUT2D eigenvalue weighted by Gasteiger charge is 2.61. The maximum atomic E-state index is 10.7. The van der Waals surface area contributed by atoms with Crippen LogP contribution in [0, 0.1) is 46.3 Å². The van der Waals surface area contributed by atoms with Gasteiger partial charge in [-0.2, -0.15) is 0 Å². The number of hydrogen-bond acceptors (Lipinski definition) is 1. The molecule has 1 nitrogen and oxygen atoms in total. The van der Waals surface area contributed by atoms with Gasteiger partial charge in [0, 0.05) is 0 Å². The Kier molecular flexibility index (Phi) is 4.82. The number of hydrogen-bond donors (Lipinski definition) is 1. The summed E-state index contributed by atoms with van der Waals surface area (Å²) in [4.78, 5) is 0. The first-order valence-electron chi connectivity index (χ1n) is 11.9. The Morgan fingerprint density at radius 1 is 0.885 bits per heavy atom. The molecule has 0 aromatic heterocycles. The molecule has 0 spiro atoms. The van der Waals surface area contributed by atoms with Crippen LogP contribution in [0.5, 0.6) is 0 Å². The highest BCUT2D eigenvalue weighted by atomic mass is 16.3. The highest BCUT2D eigenvalue weighted by molar-refractivity contribution is 5.10. The lowest BCUT2D eigenvalue weighted by molar-refractivity contribution is -0.147. The lowest BCUT2D eigenvalue weighted by Crippen LogP contribution is -2.55. The zero-order valence-corrected chi connectivity index (χ0v) is 18.2. The first kappa shape index (κ1) is 19.3. The van der Waals surface area contributed by atoms with E-state index in [1.807, 2.05) is 0 Å². The zero-order chi connectivity index (χ0) is 18.7. The maximum Gasteiger partial charge on any atom is 0.0622 e. The molecule has 4 aliphatic rings. The molecule has 0 aromatic rings. The Morgan fingerprint density at radius 3 is 2.35 bits per heavy atom. The molecule has 0 aliphatic heterocycles. The normalized spacial score (nSPS) is 54.9. The largest absolute Gasteiger partial charge is 0.390 e. The van der Waals surface area contributed by atoms with E-state index in [0.29, 0.717) is 10.8 Å². The molecule has 0 amide bonds. The van der Waals surface area contributed by atoms with Crippen LogP contribution in [-0.4, -0.2) is 10.7 Å². The molecular weight excluding hydrogens is 316 g/mol. The summed E-state index contributed by atoms with van der Waals surface area (Å²) in [6, 6.07) is 0. The molecule has 0 saturated heterocycles. The van der Waals surface area contributed by atoms with Crippen LogP contribution in [0.3, 0.4) is 0 Å². The lowest BCUT2D eigenvalue weighted by atomic mass is 9.43. The molecule has 4 fully saturated rings. The summed E-state index contributed by atoms with van der Waals surface area (Å²) in [6.45, 7) is 12.3. The SMILES string of the molecule is CCC[C@@H](C)[C@H]1CC[C@H]2[C@@H]3CC[C@@H]4C[C@@](C)(O)CC[C@]4(C)[C@H]3CC[C@]12C. The predicted molar refractivity (Wildman–Crippen MR) is 110 cm³/mol. The summed E-state index contributed by atoms with van der Waals surface area (Å²) >= 11 is 0. The van der Waals surface area contributed by atoms with E-state index in [0.717, 1.165) is 48.3 Å². The minimum atomic E-state index is -0.395. The third-order valence-electron chi connectivity index (χ3n) is 10.5. The molecule has 0 unspecified atom stereocenters. The monoisotopic (exact) mass is 360 g/mol. The molecule has 4 rings (SSSR count). The van der Waals surface area contributed by atoms with Crippen molar-refractivity contribution < 1.29 is 5.11 Å². The molecule has 0 heterocycles. The lowest BCUT2D eigenvalue weighted by Gasteiger charge is -2.62. The second-order valence-corrected chi connectivity index (χ2v) is 11.9. The van der Waals surface area contributed by atoms with Crippen molar-refractivity contribution in [3.05, 3.63) is 0 Å². The summed E-state index contributed by atoms with van der Waals surface area (Å²) in [6.07, 6.45) is 14.9. The average molecular weight is 361 g/mol. The van der Waals surface area contributed by atoms with Crippen LogP contribution in [0.15, 0.2) is 0 Å². The van der Waals surface area contributed by atoms with Gasteiger partial charge in [0.1, 0.15) is 0 Å². The van der Waals surface area contributed by atoms with E-state index < -0.39 is 5.60 Å². The molecule has 150 valence electrons. The van der Waals surface area contributed by atoms with Gasteiger partial charge < -0.3 is 5.11 Å². The molecule has 4 aliphatic carbocycles. The van der Waals surface area contributed by atoms with Crippen molar-refractivity contribution in [3.63, 3.8) is 0 Å². The van der Waals surface area contributed by atoms with Gasteiger partial charge in [-0.15, -0.1) is 0 Å². The Balaban J connectivity index is 1.56. The molecule has 9 atom stereocenters. The predicted octanol–water partition coefficient (Wildman–Crippen LogP) is 6.83. The first-order chi connectivity index (χ1) is 12.2. The fourth-order valence-electron chi connectivity index (χ4n) is 9.06. The summed E-state index contributed by atoms with van der Waals surface area (Å²) in [5.41, 5.74) is 0.743. The first-order valence-corrected chi connectivity index (χ1v) is 11.9. The second-order valence-electron chi connectivity index (χ2n) is 11.9. The topological polar surface area (TPSA) is 20.2 Å². The van der Waals surface area contributed by atoms with Crippen LogP contribution in [0.4, 0.5) is 0 Å². The number of rotatable bonds is 3. The quantitative estimate of drug-likeness (QED) is 0.584.